The summed E-state index contributed by atoms with van der Waals surface area (Å²) >= 11 is 1.67. The largest absolute Gasteiger partial charge is 0.354 e. The Morgan fingerprint density at radius 3 is 2.16 bits per heavy atom. The van der Waals surface area contributed by atoms with E-state index in [2.05, 4.69) is 46.2 Å². The first-order valence-corrected chi connectivity index (χ1v) is 12.0. The standard InChI is InChI=1S/C26H31N3O2S/c1-3-29(4-2)24(22-15-16-32-19-22)18-27-25(30)17-23(20-11-7-5-8-12-20)28-26(31)21-13-9-6-10-14-21/h5-16,19,23-24H,3-4,17-18H2,1-2H3,(H,27,30)(H,28,31). The Labute approximate surface area is 194 Å². The van der Waals surface area contributed by atoms with Crippen LogP contribution in [0.25, 0.3) is 0 Å². The van der Waals surface area contributed by atoms with Crippen molar-refractivity contribution in [3.8, 4) is 0 Å². The molecular weight excluding hydrogens is 418 g/mol. The van der Waals surface area contributed by atoms with E-state index in [1.807, 2.05) is 48.5 Å². The molecule has 0 bridgehead atoms. The molecule has 3 rings (SSSR count). The molecule has 0 aliphatic heterocycles. The van der Waals surface area contributed by atoms with Gasteiger partial charge in [0.05, 0.1) is 18.5 Å². The first-order chi connectivity index (χ1) is 15.6. The minimum absolute atomic E-state index is 0.0837. The van der Waals surface area contributed by atoms with Gasteiger partial charge in [-0.25, -0.2) is 0 Å². The van der Waals surface area contributed by atoms with Crippen LogP contribution in [-0.4, -0.2) is 36.3 Å². The van der Waals surface area contributed by atoms with Crippen molar-refractivity contribution in [1.82, 2.24) is 15.5 Å². The third-order valence-corrected chi connectivity index (χ3v) is 6.31. The number of carbonyl (C=O) groups excluding carboxylic acids is 2. The van der Waals surface area contributed by atoms with Gasteiger partial charge in [-0.1, -0.05) is 62.4 Å². The number of nitrogens with zero attached hydrogens (tertiary/aromatic N) is 1. The monoisotopic (exact) mass is 449 g/mol. The molecule has 1 heterocycles. The molecule has 2 aromatic carbocycles. The molecule has 5 nitrogen and oxygen atoms in total. The number of carbonyl (C=O) groups is 2. The highest BCUT2D eigenvalue weighted by Crippen LogP contribution is 2.23. The van der Waals surface area contributed by atoms with Crippen molar-refractivity contribution in [2.75, 3.05) is 19.6 Å². The summed E-state index contributed by atoms with van der Waals surface area (Å²) < 4.78 is 0. The van der Waals surface area contributed by atoms with Crippen LogP contribution in [0.15, 0.2) is 77.5 Å². The zero-order valence-electron chi connectivity index (χ0n) is 18.7. The molecule has 32 heavy (non-hydrogen) atoms. The highest BCUT2D eigenvalue weighted by Gasteiger charge is 2.22. The Hall–Kier alpha value is -2.96. The molecule has 0 saturated carbocycles. The number of thiophene rings is 1. The molecule has 0 aliphatic rings. The van der Waals surface area contributed by atoms with Crippen LogP contribution in [0.2, 0.25) is 0 Å². The normalized spacial score (nSPS) is 12.8. The van der Waals surface area contributed by atoms with E-state index in [-0.39, 0.29) is 24.3 Å². The van der Waals surface area contributed by atoms with Crippen molar-refractivity contribution < 1.29 is 9.59 Å². The van der Waals surface area contributed by atoms with E-state index < -0.39 is 6.04 Å². The van der Waals surface area contributed by atoms with E-state index >= 15 is 0 Å². The van der Waals surface area contributed by atoms with Gasteiger partial charge in [-0.15, -0.1) is 0 Å². The minimum atomic E-state index is -0.406. The molecule has 2 atom stereocenters. The van der Waals surface area contributed by atoms with Gasteiger partial charge in [0.1, 0.15) is 0 Å². The average molecular weight is 450 g/mol. The number of nitrogens with one attached hydrogen (secondary N) is 2. The lowest BCUT2D eigenvalue weighted by Crippen LogP contribution is -2.39. The van der Waals surface area contributed by atoms with Crippen LogP contribution in [0.4, 0.5) is 0 Å². The molecule has 0 fully saturated rings. The number of benzene rings is 2. The zero-order valence-corrected chi connectivity index (χ0v) is 19.5. The highest BCUT2D eigenvalue weighted by atomic mass is 32.1. The number of hydrogen-bond acceptors (Lipinski definition) is 4. The number of likely N-dealkylation sites (N-methyl/N-ethyl adjacent to an activating group) is 1. The molecule has 0 spiro atoms. The Balaban J connectivity index is 1.68. The van der Waals surface area contributed by atoms with Crippen molar-refractivity contribution in [3.63, 3.8) is 0 Å². The van der Waals surface area contributed by atoms with Crippen molar-refractivity contribution >= 4 is 23.2 Å². The Morgan fingerprint density at radius 2 is 1.56 bits per heavy atom. The predicted molar refractivity (Wildman–Crippen MR) is 131 cm³/mol. The van der Waals surface area contributed by atoms with Crippen molar-refractivity contribution in [3.05, 3.63) is 94.2 Å². The summed E-state index contributed by atoms with van der Waals surface area (Å²) in [5, 5.41) is 10.3. The van der Waals surface area contributed by atoms with Crippen LogP contribution in [0.1, 0.15) is 53.8 Å². The van der Waals surface area contributed by atoms with Crippen LogP contribution < -0.4 is 10.6 Å². The molecule has 2 N–H and O–H groups in total. The third-order valence-electron chi connectivity index (χ3n) is 5.61. The molecule has 6 heteroatoms. The first-order valence-electron chi connectivity index (χ1n) is 11.1. The second kappa shape index (κ2) is 12.2. The predicted octanol–water partition coefficient (Wildman–Crippen LogP) is 4.81. The summed E-state index contributed by atoms with van der Waals surface area (Å²) in [6.07, 6.45) is 0.178. The van der Waals surface area contributed by atoms with Crippen LogP contribution in [-0.2, 0) is 4.79 Å². The summed E-state index contributed by atoms with van der Waals surface area (Å²) in [7, 11) is 0. The Bertz CT molecular complexity index is 957. The van der Waals surface area contributed by atoms with Gasteiger partial charge in [-0.05, 0) is 53.2 Å². The van der Waals surface area contributed by atoms with Gasteiger partial charge >= 0.3 is 0 Å². The lowest BCUT2D eigenvalue weighted by atomic mass is 10.0. The van der Waals surface area contributed by atoms with E-state index in [1.54, 1.807) is 23.5 Å². The van der Waals surface area contributed by atoms with Gasteiger partial charge < -0.3 is 10.6 Å². The topological polar surface area (TPSA) is 61.4 Å². The summed E-state index contributed by atoms with van der Waals surface area (Å²) in [4.78, 5) is 28.0. The van der Waals surface area contributed by atoms with Gasteiger partial charge in [-0.3, -0.25) is 14.5 Å². The van der Waals surface area contributed by atoms with E-state index in [1.165, 1.54) is 5.56 Å². The van der Waals surface area contributed by atoms with Crippen molar-refractivity contribution in [2.24, 2.45) is 0 Å². The van der Waals surface area contributed by atoms with E-state index in [4.69, 9.17) is 0 Å². The zero-order chi connectivity index (χ0) is 22.8. The average Bonchev–Trinajstić information content (AvgIpc) is 3.37. The second-order valence-electron chi connectivity index (χ2n) is 7.60. The molecule has 0 aliphatic carbocycles. The van der Waals surface area contributed by atoms with Crippen LogP contribution in [0.5, 0.6) is 0 Å². The van der Waals surface area contributed by atoms with Gasteiger partial charge in [0, 0.05) is 12.1 Å². The molecule has 2 amide bonds. The second-order valence-corrected chi connectivity index (χ2v) is 8.38. The van der Waals surface area contributed by atoms with Crippen LogP contribution in [0, 0.1) is 0 Å². The fraction of sp³-hybridized carbons (Fsp3) is 0.308. The minimum Gasteiger partial charge on any atom is -0.354 e. The number of rotatable bonds is 11. The maximum Gasteiger partial charge on any atom is 0.251 e. The number of hydrogen-bond donors (Lipinski definition) is 2. The molecule has 0 saturated heterocycles. The summed E-state index contributed by atoms with van der Waals surface area (Å²) in [6, 6.07) is 20.6. The first kappa shape index (κ1) is 23.7. The fourth-order valence-corrected chi connectivity index (χ4v) is 4.53. The van der Waals surface area contributed by atoms with Gasteiger partial charge in [-0.2, -0.15) is 11.3 Å². The van der Waals surface area contributed by atoms with Gasteiger partial charge in [0.2, 0.25) is 5.91 Å². The molecule has 2 unspecified atom stereocenters. The highest BCUT2D eigenvalue weighted by molar-refractivity contribution is 7.08. The summed E-state index contributed by atoms with van der Waals surface area (Å²) in [5.74, 6) is -0.272. The van der Waals surface area contributed by atoms with Crippen LogP contribution >= 0.6 is 11.3 Å². The van der Waals surface area contributed by atoms with Gasteiger partial charge in [0.25, 0.3) is 5.91 Å². The van der Waals surface area contributed by atoms with Gasteiger partial charge in [0.15, 0.2) is 0 Å². The lowest BCUT2D eigenvalue weighted by molar-refractivity contribution is -0.121. The maximum absolute atomic E-state index is 12.9. The van der Waals surface area contributed by atoms with E-state index in [9.17, 15) is 9.59 Å². The smallest absolute Gasteiger partial charge is 0.251 e. The quantitative estimate of drug-likeness (QED) is 0.442. The van der Waals surface area contributed by atoms with Crippen LogP contribution in [0.3, 0.4) is 0 Å². The Morgan fingerprint density at radius 1 is 0.906 bits per heavy atom. The van der Waals surface area contributed by atoms with E-state index in [0.717, 1.165) is 18.7 Å². The molecule has 168 valence electrons. The SMILES string of the molecule is CCN(CC)C(CNC(=O)CC(NC(=O)c1ccccc1)c1ccccc1)c1ccsc1. The maximum atomic E-state index is 12.9. The van der Waals surface area contributed by atoms with Crippen molar-refractivity contribution in [1.29, 1.82) is 0 Å². The van der Waals surface area contributed by atoms with Crippen molar-refractivity contribution in [2.45, 2.75) is 32.4 Å². The molecular formula is C26H31N3O2S. The Kier molecular flexibility index (Phi) is 9.01. The molecule has 3 aromatic rings. The van der Waals surface area contributed by atoms with E-state index in [0.29, 0.717) is 12.1 Å². The summed E-state index contributed by atoms with van der Waals surface area (Å²) in [6.45, 7) is 6.62. The number of amides is 2. The molecule has 0 radical (unpaired) electrons. The lowest BCUT2D eigenvalue weighted by Gasteiger charge is -2.29. The fourth-order valence-electron chi connectivity index (χ4n) is 3.82. The third kappa shape index (κ3) is 6.52. The molecule has 1 aromatic heterocycles. The summed E-state index contributed by atoms with van der Waals surface area (Å²) in [5.41, 5.74) is 2.70.